The van der Waals surface area contributed by atoms with Crippen LogP contribution < -0.4 is 11.1 Å². The van der Waals surface area contributed by atoms with Crippen molar-refractivity contribution in [1.29, 1.82) is 0 Å². The third-order valence-electron chi connectivity index (χ3n) is 14.0. The largest absolute Gasteiger partial charge is 0.507 e. The van der Waals surface area contributed by atoms with Crippen molar-refractivity contribution in [3.63, 3.8) is 0 Å². The number of aromatic nitrogens is 3. The standard InChI is InChI=1S/C70H59BN4O/c1-69(2,3)54-37-38-61(59(46-54)50-30-17-10-18-31-50)75-67-66(73-68(75)58-32-19-20-36-63(58)76)64(53-42-52(43-55(44-53)70(4,5)6)60-45-51(39-40-72-60)47-24-11-7-12-25-47)62-35-21-22-41-74(62)71(67)65-56(48-26-13-8-14-27-48)33-23-34-57(65)49-28-15-9-16-29-49/h7-46,76H,1-6H3/i8D,9D,10D,13D,14D,15D,16D,17D,18D,26D,27D,28D,29D,30D,31D. The number of hydrogen-bond donors (Lipinski definition) is 1. The minimum absolute atomic E-state index is 0.0233. The van der Waals surface area contributed by atoms with Crippen LogP contribution in [0.1, 0.15) is 84.5 Å². The van der Waals surface area contributed by atoms with Crippen LogP contribution in [0.3, 0.4) is 0 Å². The number of rotatable bonds is 9. The van der Waals surface area contributed by atoms with Gasteiger partial charge >= 0.3 is 6.85 Å². The van der Waals surface area contributed by atoms with Gasteiger partial charge < -0.3 is 14.5 Å². The highest BCUT2D eigenvalue weighted by atomic mass is 16.3. The van der Waals surface area contributed by atoms with E-state index in [-0.39, 0.29) is 73.0 Å². The zero-order valence-corrected chi connectivity index (χ0v) is 42.7. The average Bonchev–Trinajstić information content (AvgIpc) is 1.65. The van der Waals surface area contributed by atoms with Crippen LogP contribution in [-0.2, 0) is 10.8 Å². The number of nitrogens with zero attached hydrogens (tertiary/aromatic N) is 4. The number of phenols is 1. The molecule has 76 heavy (non-hydrogen) atoms. The van der Waals surface area contributed by atoms with Crippen molar-refractivity contribution in [1.82, 2.24) is 19.3 Å². The van der Waals surface area contributed by atoms with Crippen molar-refractivity contribution in [3.05, 3.63) is 271 Å². The van der Waals surface area contributed by atoms with Crippen LogP contribution in [0.5, 0.6) is 5.75 Å². The normalized spacial score (nSPS) is 16.0. The monoisotopic (exact) mass is 998 g/mol. The summed E-state index contributed by atoms with van der Waals surface area (Å²) in [5.41, 5.74) is 6.02. The van der Waals surface area contributed by atoms with Gasteiger partial charge in [-0.3, -0.25) is 4.98 Å². The molecule has 2 aliphatic heterocycles. The van der Waals surface area contributed by atoms with Gasteiger partial charge in [0.25, 0.3) is 0 Å². The zero-order valence-electron chi connectivity index (χ0n) is 57.7. The molecule has 4 heterocycles. The smallest absolute Gasteiger partial charge is 0.349 e. The first kappa shape index (κ1) is 33.7. The molecule has 0 bridgehead atoms. The lowest BCUT2D eigenvalue weighted by Crippen LogP contribution is -2.60. The second kappa shape index (κ2) is 19.4. The zero-order chi connectivity index (χ0) is 65.2. The van der Waals surface area contributed by atoms with Gasteiger partial charge in [0.1, 0.15) is 11.6 Å². The van der Waals surface area contributed by atoms with E-state index in [1.165, 1.54) is 6.07 Å². The van der Waals surface area contributed by atoms with Crippen LogP contribution in [0.25, 0.3) is 78.4 Å². The van der Waals surface area contributed by atoms with Crippen LogP contribution >= 0.6 is 0 Å². The first-order valence-corrected chi connectivity index (χ1v) is 25.1. The molecule has 0 unspecified atom stereocenters. The second-order valence-corrected chi connectivity index (χ2v) is 20.9. The first-order chi connectivity index (χ1) is 43.1. The van der Waals surface area contributed by atoms with E-state index in [2.05, 4.69) is 32.9 Å². The Kier molecular flexibility index (Phi) is 8.60. The van der Waals surface area contributed by atoms with Crippen LogP contribution in [0.2, 0.25) is 0 Å². The van der Waals surface area contributed by atoms with E-state index in [0.29, 0.717) is 28.1 Å². The maximum atomic E-state index is 12.3. The van der Waals surface area contributed by atoms with Crippen molar-refractivity contribution >= 4 is 23.5 Å². The Morgan fingerprint density at radius 1 is 0.513 bits per heavy atom. The fourth-order valence-electron chi connectivity index (χ4n) is 10.3. The predicted octanol–water partition coefficient (Wildman–Crippen LogP) is 15.8. The van der Waals surface area contributed by atoms with Crippen LogP contribution in [0.15, 0.2) is 248 Å². The lowest BCUT2D eigenvalue weighted by atomic mass is 9.45. The fourth-order valence-corrected chi connectivity index (χ4v) is 10.3. The molecule has 5 nitrogen and oxygen atoms in total. The SMILES string of the molecule is [2H]c1c([2H])c([2H])c(-c2cc(C(C)(C)C)ccc2-n2c(-c3ccccc3O)nc3c2B(c2c(-c4c([2H])c([2H])c([2H])c([2H])c4[2H])cccc2-c2c([2H])c([2H])c([2H])c([2H])c2[2H])N2C=CC=CC2=C3c2cc(-c3cc(-c4ccccc4)ccn3)cc(C(C)(C)C)c2)c([2H])c1[2H]. The van der Waals surface area contributed by atoms with Crippen molar-refractivity contribution in [2.75, 3.05) is 0 Å². The van der Waals surface area contributed by atoms with Gasteiger partial charge in [-0.1, -0.05) is 211 Å². The van der Waals surface area contributed by atoms with Crippen LogP contribution in [0, 0.1) is 0 Å². The summed E-state index contributed by atoms with van der Waals surface area (Å²) in [5.74, 6) is -0.129. The molecule has 368 valence electrons. The van der Waals surface area contributed by atoms with E-state index in [1.54, 1.807) is 71.6 Å². The van der Waals surface area contributed by atoms with Gasteiger partial charge in [0.05, 0.1) is 43.2 Å². The number of benzene rings is 8. The number of allylic oxidation sites excluding steroid dienone is 3. The molecule has 0 saturated heterocycles. The number of para-hydroxylation sites is 1. The minimum atomic E-state index is -1.38. The van der Waals surface area contributed by atoms with Crippen molar-refractivity contribution < 1.29 is 25.7 Å². The van der Waals surface area contributed by atoms with Gasteiger partial charge in [-0.25, -0.2) is 4.98 Å². The van der Waals surface area contributed by atoms with Gasteiger partial charge in [0.15, 0.2) is 0 Å². The second-order valence-electron chi connectivity index (χ2n) is 20.9. The Balaban J connectivity index is 1.33. The molecule has 2 aromatic heterocycles. The number of pyridine rings is 1. The third-order valence-corrected chi connectivity index (χ3v) is 14.0. The Bertz CT molecular complexity index is 4660. The molecule has 12 rings (SSSR count). The number of fused-ring (bicyclic) bond motifs is 2. The summed E-state index contributed by atoms with van der Waals surface area (Å²) in [4.78, 5) is 12.6. The lowest BCUT2D eigenvalue weighted by molar-refractivity contribution is 0.477. The number of imidazole rings is 1. The first-order valence-electron chi connectivity index (χ1n) is 32.6. The van der Waals surface area contributed by atoms with E-state index in [9.17, 15) is 13.3 Å². The summed E-state index contributed by atoms with van der Waals surface area (Å²) >= 11 is 0. The highest BCUT2D eigenvalue weighted by Crippen LogP contribution is 2.44. The maximum Gasteiger partial charge on any atom is 0.349 e. The molecule has 10 aromatic rings. The molecule has 0 aliphatic carbocycles. The van der Waals surface area contributed by atoms with E-state index in [4.69, 9.17) is 22.3 Å². The van der Waals surface area contributed by atoms with Crippen molar-refractivity contribution in [2.24, 2.45) is 0 Å². The van der Waals surface area contributed by atoms with Crippen molar-refractivity contribution in [3.8, 4) is 78.6 Å². The molecule has 8 aromatic carbocycles. The van der Waals surface area contributed by atoms with Crippen molar-refractivity contribution in [2.45, 2.75) is 52.4 Å². The highest BCUT2D eigenvalue weighted by molar-refractivity contribution is 6.86. The molecular weight excluding hydrogens is 924 g/mol. The summed E-state index contributed by atoms with van der Waals surface area (Å²) in [7, 11) is 0. The average molecular weight is 998 g/mol. The quantitative estimate of drug-likeness (QED) is 0.146. The Morgan fingerprint density at radius 3 is 1.76 bits per heavy atom. The molecule has 0 fully saturated rings. The topological polar surface area (TPSA) is 54.2 Å². The van der Waals surface area contributed by atoms with Gasteiger partial charge in [-0.05, 0) is 139 Å². The number of hydrogen-bond acceptors (Lipinski definition) is 4. The third kappa shape index (κ3) is 8.80. The van der Waals surface area contributed by atoms with E-state index < -0.39 is 108 Å². The summed E-state index contributed by atoms with van der Waals surface area (Å²) in [6.07, 6.45) is 9.07. The summed E-state index contributed by atoms with van der Waals surface area (Å²) < 4.78 is 140. The van der Waals surface area contributed by atoms with Gasteiger partial charge in [-0.15, -0.1) is 0 Å². The van der Waals surface area contributed by atoms with Gasteiger partial charge in [0.2, 0.25) is 0 Å². The Labute approximate surface area is 468 Å². The van der Waals surface area contributed by atoms with Crippen LogP contribution in [0.4, 0.5) is 0 Å². The Morgan fingerprint density at radius 2 is 1.12 bits per heavy atom. The Hall–Kier alpha value is -9.00. The molecule has 1 N–H and O–H groups in total. The fraction of sp³-hybridized carbons (Fsp3) is 0.114. The van der Waals surface area contributed by atoms with Gasteiger partial charge in [-0.2, -0.15) is 0 Å². The lowest BCUT2D eigenvalue weighted by Gasteiger charge is -2.39. The molecule has 0 radical (unpaired) electrons. The van der Waals surface area contributed by atoms with Crippen LogP contribution in [-0.4, -0.2) is 31.3 Å². The number of phenolic OH excluding ortho intramolecular Hbond substituents is 1. The molecule has 0 saturated carbocycles. The molecule has 2 aliphatic rings. The summed E-state index contributed by atoms with van der Waals surface area (Å²) in [6.45, 7) is 10.9. The minimum Gasteiger partial charge on any atom is -0.507 e. The number of aromatic hydroxyl groups is 1. The maximum absolute atomic E-state index is 12.3. The van der Waals surface area contributed by atoms with E-state index in [1.807, 2.05) is 92.3 Å². The summed E-state index contributed by atoms with van der Waals surface area (Å²) in [6, 6.07) is 27.6. The van der Waals surface area contributed by atoms with Gasteiger partial charge in [0, 0.05) is 34.2 Å². The van der Waals surface area contributed by atoms with E-state index >= 15 is 0 Å². The predicted molar refractivity (Wildman–Crippen MR) is 317 cm³/mol. The molecule has 6 heteroatoms. The highest BCUT2D eigenvalue weighted by Gasteiger charge is 2.45. The molecule has 0 atom stereocenters. The molecule has 0 spiro atoms. The molecular formula is C70H59BN4O. The van der Waals surface area contributed by atoms with E-state index in [0.717, 1.165) is 22.3 Å². The summed E-state index contributed by atoms with van der Waals surface area (Å²) in [5, 5.41) is 12.3. The molecule has 0 amide bonds.